The lowest BCUT2D eigenvalue weighted by atomic mass is 10.3. The highest BCUT2D eigenvalue weighted by molar-refractivity contribution is 6.30. The molecule has 1 aromatic heterocycles. The maximum absolute atomic E-state index is 12.1. The highest BCUT2D eigenvalue weighted by Gasteiger charge is 2.17. The second-order valence-corrected chi connectivity index (χ2v) is 5.20. The Balaban J connectivity index is 1.83. The molecule has 0 unspecified atom stereocenters. The van der Waals surface area contributed by atoms with E-state index in [0.717, 1.165) is 31.9 Å². The molecule has 0 radical (unpaired) electrons. The Morgan fingerprint density at radius 3 is 2.95 bits per heavy atom. The van der Waals surface area contributed by atoms with Crippen molar-refractivity contribution < 1.29 is 4.79 Å². The number of amides is 1. The van der Waals surface area contributed by atoms with E-state index in [1.165, 1.54) is 0 Å². The van der Waals surface area contributed by atoms with Crippen molar-refractivity contribution in [2.75, 3.05) is 39.8 Å². The summed E-state index contributed by atoms with van der Waals surface area (Å²) in [7, 11) is 1.92. The molecule has 1 amide bonds. The van der Waals surface area contributed by atoms with Gasteiger partial charge in [-0.2, -0.15) is 0 Å². The molecule has 0 saturated carbocycles. The van der Waals surface area contributed by atoms with Gasteiger partial charge in [-0.1, -0.05) is 11.6 Å². The first-order chi connectivity index (χ1) is 9.15. The maximum atomic E-state index is 12.1. The number of pyridine rings is 1. The van der Waals surface area contributed by atoms with Gasteiger partial charge in [0.1, 0.15) is 0 Å². The smallest absolute Gasteiger partial charge is 0.236 e. The van der Waals surface area contributed by atoms with Crippen molar-refractivity contribution in [1.29, 1.82) is 0 Å². The van der Waals surface area contributed by atoms with Gasteiger partial charge in [-0.15, -0.1) is 0 Å². The summed E-state index contributed by atoms with van der Waals surface area (Å²) < 4.78 is 0. The van der Waals surface area contributed by atoms with Gasteiger partial charge < -0.3 is 10.2 Å². The quantitative estimate of drug-likeness (QED) is 0.879. The van der Waals surface area contributed by atoms with Crippen LogP contribution in [0.25, 0.3) is 0 Å². The van der Waals surface area contributed by atoms with Crippen LogP contribution in [-0.4, -0.2) is 60.5 Å². The van der Waals surface area contributed by atoms with Crippen LogP contribution in [0.5, 0.6) is 0 Å². The fraction of sp³-hybridized carbons (Fsp3) is 0.538. The SMILES string of the molecule is CN(CC(=O)N1CCNCC1)Cc1cc(Cl)ccn1. The van der Waals surface area contributed by atoms with Crippen molar-refractivity contribution in [1.82, 2.24) is 20.1 Å². The number of aromatic nitrogens is 1. The molecule has 2 heterocycles. The van der Waals surface area contributed by atoms with Crippen LogP contribution >= 0.6 is 11.6 Å². The second-order valence-electron chi connectivity index (χ2n) is 4.77. The lowest BCUT2D eigenvalue weighted by Crippen LogP contribution is -2.49. The van der Waals surface area contributed by atoms with E-state index in [2.05, 4.69) is 10.3 Å². The third kappa shape index (κ3) is 4.45. The third-order valence-electron chi connectivity index (χ3n) is 3.09. The monoisotopic (exact) mass is 282 g/mol. The predicted molar refractivity (Wildman–Crippen MR) is 75.0 cm³/mol. The zero-order valence-corrected chi connectivity index (χ0v) is 11.9. The molecule has 1 fully saturated rings. The van der Waals surface area contributed by atoms with Crippen molar-refractivity contribution in [2.24, 2.45) is 0 Å². The predicted octanol–water partition coefficient (Wildman–Crippen LogP) is 0.599. The van der Waals surface area contributed by atoms with E-state index in [1.807, 2.05) is 22.9 Å². The Labute approximate surface area is 118 Å². The van der Waals surface area contributed by atoms with Crippen LogP contribution in [0.3, 0.4) is 0 Å². The number of halogens is 1. The van der Waals surface area contributed by atoms with Crippen LogP contribution in [-0.2, 0) is 11.3 Å². The van der Waals surface area contributed by atoms with Crippen molar-refractivity contribution in [2.45, 2.75) is 6.54 Å². The van der Waals surface area contributed by atoms with E-state index in [9.17, 15) is 4.79 Å². The average Bonchev–Trinajstić information content (AvgIpc) is 2.39. The van der Waals surface area contributed by atoms with Gasteiger partial charge in [0.05, 0.1) is 12.2 Å². The Hall–Kier alpha value is -1.17. The summed E-state index contributed by atoms with van der Waals surface area (Å²) in [6, 6.07) is 3.57. The van der Waals surface area contributed by atoms with Gasteiger partial charge in [0.2, 0.25) is 5.91 Å². The first kappa shape index (κ1) is 14.2. The van der Waals surface area contributed by atoms with Gasteiger partial charge in [-0.25, -0.2) is 0 Å². The van der Waals surface area contributed by atoms with Crippen LogP contribution in [0.15, 0.2) is 18.3 Å². The molecule has 104 valence electrons. The number of nitrogens with zero attached hydrogens (tertiary/aromatic N) is 3. The summed E-state index contributed by atoms with van der Waals surface area (Å²) in [6.45, 7) is 4.38. The standard InChI is InChI=1S/C13H19ClN4O/c1-17(9-12-8-11(14)2-3-16-12)10-13(19)18-6-4-15-5-7-18/h2-3,8,15H,4-7,9-10H2,1H3. The zero-order chi connectivity index (χ0) is 13.7. The van der Waals surface area contributed by atoms with Crippen LogP contribution in [0.2, 0.25) is 5.02 Å². The fourth-order valence-corrected chi connectivity index (χ4v) is 2.30. The van der Waals surface area contributed by atoms with Crippen molar-refractivity contribution in [3.05, 3.63) is 29.0 Å². The minimum absolute atomic E-state index is 0.172. The summed E-state index contributed by atoms with van der Waals surface area (Å²) in [4.78, 5) is 20.2. The molecule has 1 N–H and O–H groups in total. The third-order valence-corrected chi connectivity index (χ3v) is 3.32. The number of hydrogen-bond acceptors (Lipinski definition) is 4. The molecular weight excluding hydrogens is 264 g/mol. The summed E-state index contributed by atoms with van der Waals surface area (Å²) in [5.74, 6) is 0.172. The minimum Gasteiger partial charge on any atom is -0.339 e. The lowest BCUT2D eigenvalue weighted by Gasteiger charge is -2.29. The largest absolute Gasteiger partial charge is 0.339 e. The molecule has 0 bridgehead atoms. The molecule has 6 heteroatoms. The van der Waals surface area contributed by atoms with Crippen molar-refractivity contribution >= 4 is 17.5 Å². The molecule has 1 saturated heterocycles. The van der Waals surface area contributed by atoms with Crippen molar-refractivity contribution in [3.63, 3.8) is 0 Å². The molecule has 5 nitrogen and oxygen atoms in total. The number of hydrogen-bond donors (Lipinski definition) is 1. The van der Waals surface area contributed by atoms with E-state index in [4.69, 9.17) is 11.6 Å². The Morgan fingerprint density at radius 1 is 1.53 bits per heavy atom. The van der Waals surface area contributed by atoms with Gasteiger partial charge >= 0.3 is 0 Å². The molecule has 0 aromatic carbocycles. The molecule has 2 rings (SSSR count). The van der Waals surface area contributed by atoms with E-state index >= 15 is 0 Å². The first-order valence-electron chi connectivity index (χ1n) is 6.42. The fourth-order valence-electron chi connectivity index (χ4n) is 2.11. The normalized spacial score (nSPS) is 15.8. The summed E-state index contributed by atoms with van der Waals surface area (Å²) in [5, 5.41) is 3.91. The second kappa shape index (κ2) is 6.84. The zero-order valence-electron chi connectivity index (χ0n) is 11.1. The molecule has 0 aliphatic carbocycles. The number of nitrogens with one attached hydrogen (secondary N) is 1. The van der Waals surface area contributed by atoms with Crippen molar-refractivity contribution in [3.8, 4) is 0 Å². The maximum Gasteiger partial charge on any atom is 0.236 e. The van der Waals surface area contributed by atoms with Crippen LogP contribution in [0, 0.1) is 0 Å². The van der Waals surface area contributed by atoms with Gasteiger partial charge in [0.15, 0.2) is 0 Å². The summed E-state index contributed by atoms with van der Waals surface area (Å²) >= 11 is 5.92. The van der Waals surface area contributed by atoms with Gasteiger partial charge in [-0.05, 0) is 19.2 Å². The van der Waals surface area contributed by atoms with Crippen LogP contribution in [0.4, 0.5) is 0 Å². The van der Waals surface area contributed by atoms with Gasteiger partial charge in [0.25, 0.3) is 0 Å². The van der Waals surface area contributed by atoms with E-state index < -0.39 is 0 Å². The molecule has 0 spiro atoms. The Morgan fingerprint density at radius 2 is 2.26 bits per heavy atom. The Kier molecular flexibility index (Phi) is 5.13. The average molecular weight is 283 g/mol. The molecular formula is C13H19ClN4O. The molecule has 1 aromatic rings. The molecule has 1 aliphatic heterocycles. The summed E-state index contributed by atoms with van der Waals surface area (Å²) in [5.41, 5.74) is 0.878. The number of carbonyl (C=O) groups excluding carboxylic acids is 1. The Bertz CT molecular complexity index is 434. The summed E-state index contributed by atoms with van der Waals surface area (Å²) in [6.07, 6.45) is 1.68. The van der Waals surface area contributed by atoms with Crippen LogP contribution < -0.4 is 5.32 Å². The highest BCUT2D eigenvalue weighted by Crippen LogP contribution is 2.09. The van der Waals surface area contributed by atoms with Crippen LogP contribution in [0.1, 0.15) is 5.69 Å². The molecule has 1 aliphatic rings. The number of carbonyl (C=O) groups is 1. The minimum atomic E-state index is 0.172. The highest BCUT2D eigenvalue weighted by atomic mass is 35.5. The number of likely N-dealkylation sites (N-methyl/N-ethyl adjacent to an activating group) is 1. The topological polar surface area (TPSA) is 48.5 Å². The number of rotatable bonds is 4. The van der Waals surface area contributed by atoms with E-state index in [0.29, 0.717) is 18.1 Å². The molecule has 0 atom stereocenters. The van der Waals surface area contributed by atoms with E-state index in [-0.39, 0.29) is 5.91 Å². The first-order valence-corrected chi connectivity index (χ1v) is 6.80. The van der Waals surface area contributed by atoms with E-state index in [1.54, 1.807) is 12.3 Å². The van der Waals surface area contributed by atoms with Gasteiger partial charge in [0, 0.05) is 43.9 Å². The van der Waals surface area contributed by atoms with Gasteiger partial charge in [-0.3, -0.25) is 14.7 Å². The molecule has 19 heavy (non-hydrogen) atoms. The lowest BCUT2D eigenvalue weighted by molar-refractivity contribution is -0.132. The number of piperazine rings is 1.